The van der Waals surface area contributed by atoms with Crippen LogP contribution in [0.3, 0.4) is 0 Å². The number of halogens is 1. The van der Waals surface area contributed by atoms with E-state index in [-0.39, 0.29) is 0 Å². The minimum atomic E-state index is 0.537. The van der Waals surface area contributed by atoms with Gasteiger partial charge in [0.25, 0.3) is 0 Å². The zero-order valence-corrected chi connectivity index (χ0v) is 7.26. The number of hydrogen-bond acceptors (Lipinski definition) is 3. The molecular formula is C7H7BrN2O. The number of anilines is 1. The van der Waals surface area contributed by atoms with Crippen molar-refractivity contribution in [3.05, 3.63) is 28.2 Å². The fraction of sp³-hybridized carbons (Fsp3) is 0. The van der Waals surface area contributed by atoms with Crippen LogP contribution in [0.25, 0.3) is 0 Å². The predicted octanol–water partition coefficient (Wildman–Crippen LogP) is 1.55. The summed E-state index contributed by atoms with van der Waals surface area (Å²) in [4.78, 5) is 10.5. The molecule has 0 bridgehead atoms. The zero-order chi connectivity index (χ0) is 8.27. The van der Waals surface area contributed by atoms with Gasteiger partial charge in [-0.1, -0.05) is 6.07 Å². The fourth-order valence-corrected chi connectivity index (χ4v) is 1.24. The molecule has 0 amide bonds. The first-order valence-corrected chi connectivity index (χ1v) is 3.79. The number of carbonyl (C=O) groups excluding carboxylic acids is 1. The molecule has 0 saturated carbocycles. The number of benzene rings is 1. The van der Waals surface area contributed by atoms with Crippen LogP contribution >= 0.6 is 15.9 Å². The summed E-state index contributed by atoms with van der Waals surface area (Å²) in [5.74, 6) is 5.17. The van der Waals surface area contributed by atoms with E-state index in [0.29, 0.717) is 11.3 Å². The molecule has 0 aliphatic rings. The second-order valence-electron chi connectivity index (χ2n) is 1.96. The molecule has 0 aromatic heterocycles. The van der Waals surface area contributed by atoms with Crippen LogP contribution in [0, 0.1) is 0 Å². The van der Waals surface area contributed by atoms with E-state index in [0.717, 1.165) is 10.8 Å². The van der Waals surface area contributed by atoms with Gasteiger partial charge < -0.3 is 5.43 Å². The van der Waals surface area contributed by atoms with Crippen molar-refractivity contribution >= 4 is 27.9 Å². The number of aldehydes is 1. The molecule has 1 rings (SSSR count). The minimum absolute atomic E-state index is 0.537. The largest absolute Gasteiger partial charge is 0.323 e. The van der Waals surface area contributed by atoms with E-state index in [2.05, 4.69) is 21.4 Å². The summed E-state index contributed by atoms with van der Waals surface area (Å²) in [6.07, 6.45) is 0.749. The number of carbonyl (C=O) groups is 1. The van der Waals surface area contributed by atoms with Crippen LogP contribution in [0.15, 0.2) is 22.7 Å². The molecule has 3 N–H and O–H groups in total. The lowest BCUT2D eigenvalue weighted by atomic mass is 10.2. The van der Waals surface area contributed by atoms with Crippen molar-refractivity contribution in [1.82, 2.24) is 0 Å². The molecule has 11 heavy (non-hydrogen) atoms. The van der Waals surface area contributed by atoms with Crippen LogP contribution in [-0.2, 0) is 0 Å². The highest BCUT2D eigenvalue weighted by Crippen LogP contribution is 2.21. The Morgan fingerprint density at radius 3 is 2.73 bits per heavy atom. The van der Waals surface area contributed by atoms with E-state index >= 15 is 0 Å². The van der Waals surface area contributed by atoms with E-state index in [1.165, 1.54) is 0 Å². The molecule has 0 fully saturated rings. The molecule has 3 nitrogen and oxygen atoms in total. The monoisotopic (exact) mass is 214 g/mol. The third kappa shape index (κ3) is 1.58. The van der Waals surface area contributed by atoms with Gasteiger partial charge in [-0.3, -0.25) is 10.6 Å². The summed E-state index contributed by atoms with van der Waals surface area (Å²) in [6, 6.07) is 5.31. The van der Waals surface area contributed by atoms with Crippen molar-refractivity contribution in [2.45, 2.75) is 0 Å². The normalized spacial score (nSPS) is 9.27. The molecule has 0 atom stereocenters. The Labute approximate surface area is 72.7 Å². The summed E-state index contributed by atoms with van der Waals surface area (Å²) >= 11 is 3.22. The maximum absolute atomic E-state index is 10.5. The Kier molecular flexibility index (Phi) is 2.62. The fourth-order valence-electron chi connectivity index (χ4n) is 0.783. The van der Waals surface area contributed by atoms with E-state index < -0.39 is 0 Å². The first-order valence-electron chi connectivity index (χ1n) is 3.00. The van der Waals surface area contributed by atoms with Crippen LogP contribution in [0.1, 0.15) is 10.4 Å². The van der Waals surface area contributed by atoms with Gasteiger partial charge in [0, 0.05) is 4.47 Å². The highest BCUT2D eigenvalue weighted by Gasteiger charge is 2.02. The Bertz CT molecular complexity index is 275. The molecule has 4 heteroatoms. The molecule has 0 aliphatic heterocycles. The van der Waals surface area contributed by atoms with Gasteiger partial charge in [-0.15, -0.1) is 0 Å². The highest BCUT2D eigenvalue weighted by atomic mass is 79.9. The average molecular weight is 215 g/mol. The Morgan fingerprint density at radius 2 is 2.27 bits per heavy atom. The third-order valence-corrected chi connectivity index (χ3v) is 2.02. The summed E-state index contributed by atoms with van der Waals surface area (Å²) < 4.78 is 0.739. The minimum Gasteiger partial charge on any atom is -0.323 e. The molecule has 0 radical (unpaired) electrons. The van der Waals surface area contributed by atoms with Crippen molar-refractivity contribution in [3.8, 4) is 0 Å². The van der Waals surface area contributed by atoms with Crippen LogP contribution in [0.4, 0.5) is 5.69 Å². The second-order valence-corrected chi connectivity index (χ2v) is 2.82. The second kappa shape index (κ2) is 3.50. The summed E-state index contributed by atoms with van der Waals surface area (Å²) in [6.45, 7) is 0. The van der Waals surface area contributed by atoms with Crippen LogP contribution < -0.4 is 11.3 Å². The molecule has 0 spiro atoms. The zero-order valence-electron chi connectivity index (χ0n) is 5.67. The maximum atomic E-state index is 10.5. The number of hydrazine groups is 1. The average Bonchev–Trinajstić information content (AvgIpc) is 2.04. The lowest BCUT2D eigenvalue weighted by Crippen LogP contribution is -2.09. The lowest BCUT2D eigenvalue weighted by Gasteiger charge is -2.03. The smallest absolute Gasteiger partial charge is 0.153 e. The molecular weight excluding hydrogens is 208 g/mol. The summed E-state index contributed by atoms with van der Waals surface area (Å²) in [5.41, 5.74) is 3.58. The van der Waals surface area contributed by atoms with Crippen molar-refractivity contribution < 1.29 is 4.79 Å². The van der Waals surface area contributed by atoms with E-state index in [9.17, 15) is 4.79 Å². The van der Waals surface area contributed by atoms with E-state index in [1.54, 1.807) is 18.2 Å². The van der Waals surface area contributed by atoms with Gasteiger partial charge in [0.05, 0.1) is 11.3 Å². The number of nitrogen functional groups attached to an aromatic ring is 1. The number of nitrogens with one attached hydrogen (secondary N) is 1. The Morgan fingerprint density at radius 1 is 1.55 bits per heavy atom. The predicted molar refractivity (Wildman–Crippen MR) is 47.3 cm³/mol. The molecule has 0 saturated heterocycles. The summed E-state index contributed by atoms with van der Waals surface area (Å²) in [5, 5.41) is 0. The molecule has 0 heterocycles. The SMILES string of the molecule is NNc1cccc(Br)c1C=O. The van der Waals surface area contributed by atoms with Gasteiger partial charge in [0.15, 0.2) is 6.29 Å². The summed E-state index contributed by atoms with van der Waals surface area (Å²) in [7, 11) is 0. The van der Waals surface area contributed by atoms with Gasteiger partial charge in [0.1, 0.15) is 0 Å². The standard InChI is InChI=1S/C7H7BrN2O/c8-6-2-1-3-7(10-9)5(6)4-11/h1-4,10H,9H2. The van der Waals surface area contributed by atoms with Crippen LogP contribution in [0.5, 0.6) is 0 Å². The van der Waals surface area contributed by atoms with Gasteiger partial charge in [0.2, 0.25) is 0 Å². The Hall–Kier alpha value is -0.870. The van der Waals surface area contributed by atoms with Crippen LogP contribution in [-0.4, -0.2) is 6.29 Å². The van der Waals surface area contributed by atoms with Crippen LogP contribution in [0.2, 0.25) is 0 Å². The molecule has 1 aromatic rings. The van der Waals surface area contributed by atoms with Crippen molar-refractivity contribution in [2.75, 3.05) is 5.43 Å². The number of rotatable bonds is 2. The topological polar surface area (TPSA) is 55.1 Å². The molecule has 0 aliphatic carbocycles. The lowest BCUT2D eigenvalue weighted by molar-refractivity contribution is 0.112. The highest BCUT2D eigenvalue weighted by molar-refractivity contribution is 9.10. The first-order chi connectivity index (χ1) is 5.29. The van der Waals surface area contributed by atoms with Gasteiger partial charge in [-0.2, -0.15) is 0 Å². The Balaban J connectivity index is 3.24. The van der Waals surface area contributed by atoms with Gasteiger partial charge in [-0.05, 0) is 28.1 Å². The third-order valence-electron chi connectivity index (χ3n) is 1.33. The van der Waals surface area contributed by atoms with Crippen molar-refractivity contribution in [3.63, 3.8) is 0 Å². The molecule has 58 valence electrons. The van der Waals surface area contributed by atoms with E-state index in [1.807, 2.05) is 0 Å². The van der Waals surface area contributed by atoms with Crippen molar-refractivity contribution in [1.29, 1.82) is 0 Å². The number of hydrogen-bond donors (Lipinski definition) is 2. The van der Waals surface area contributed by atoms with Gasteiger partial charge >= 0.3 is 0 Å². The number of nitrogens with two attached hydrogens (primary N) is 1. The first kappa shape index (κ1) is 8.23. The van der Waals surface area contributed by atoms with Crippen molar-refractivity contribution in [2.24, 2.45) is 5.84 Å². The molecule has 0 unspecified atom stereocenters. The quantitative estimate of drug-likeness (QED) is 0.447. The molecule has 1 aromatic carbocycles. The van der Waals surface area contributed by atoms with Gasteiger partial charge in [-0.25, -0.2) is 0 Å². The van der Waals surface area contributed by atoms with E-state index in [4.69, 9.17) is 5.84 Å². The maximum Gasteiger partial charge on any atom is 0.153 e.